The minimum Gasteiger partial charge on any atom is -0.481 e. The van der Waals surface area contributed by atoms with Crippen LogP contribution in [0, 0.1) is 11.8 Å². The van der Waals surface area contributed by atoms with Crippen LogP contribution >= 0.6 is 0 Å². The first-order valence-corrected chi connectivity index (χ1v) is 6.20. The summed E-state index contributed by atoms with van der Waals surface area (Å²) in [7, 11) is 0. The van der Waals surface area contributed by atoms with Gasteiger partial charge in [-0.05, 0) is 33.1 Å². The molecule has 6 nitrogen and oxygen atoms in total. The maximum atomic E-state index is 11.7. The minimum atomic E-state index is -0.845. The molecule has 0 spiro atoms. The topological polar surface area (TPSA) is 95.5 Å². The standard InChI is InChI=1S/C12H20N2O4/c1-7(2)14-10(15)6-13-11(16)8-3-4-9(5-8)12(17)18/h7-9H,3-6H2,1-2H3,(H,13,16)(H,14,15)(H,17,18). The van der Waals surface area contributed by atoms with E-state index in [-0.39, 0.29) is 30.3 Å². The highest BCUT2D eigenvalue weighted by Gasteiger charge is 2.33. The lowest BCUT2D eigenvalue weighted by molar-refractivity contribution is -0.141. The van der Waals surface area contributed by atoms with Crippen LogP contribution in [-0.2, 0) is 14.4 Å². The number of nitrogens with one attached hydrogen (secondary N) is 2. The monoisotopic (exact) mass is 256 g/mol. The molecule has 18 heavy (non-hydrogen) atoms. The van der Waals surface area contributed by atoms with Crippen molar-refractivity contribution < 1.29 is 19.5 Å². The number of carbonyl (C=O) groups excluding carboxylic acids is 2. The van der Waals surface area contributed by atoms with Gasteiger partial charge in [0.1, 0.15) is 0 Å². The molecule has 0 saturated heterocycles. The number of aliphatic carboxylic acids is 1. The van der Waals surface area contributed by atoms with Crippen molar-refractivity contribution in [3.8, 4) is 0 Å². The fraction of sp³-hybridized carbons (Fsp3) is 0.750. The minimum absolute atomic E-state index is 0.0391. The van der Waals surface area contributed by atoms with Gasteiger partial charge in [-0.25, -0.2) is 0 Å². The molecule has 2 unspecified atom stereocenters. The summed E-state index contributed by atoms with van der Waals surface area (Å²) in [6, 6.07) is 0.0391. The molecule has 0 aliphatic heterocycles. The molecule has 1 rings (SSSR count). The van der Waals surface area contributed by atoms with E-state index < -0.39 is 11.9 Å². The third-order valence-corrected chi connectivity index (χ3v) is 3.03. The molecular formula is C12H20N2O4. The molecular weight excluding hydrogens is 236 g/mol. The Kier molecular flexibility index (Phi) is 5.12. The normalized spacial score (nSPS) is 22.8. The first-order valence-electron chi connectivity index (χ1n) is 6.20. The number of amides is 2. The molecule has 3 N–H and O–H groups in total. The van der Waals surface area contributed by atoms with Crippen LogP contribution in [0.4, 0.5) is 0 Å². The summed E-state index contributed by atoms with van der Waals surface area (Å²) in [6.07, 6.45) is 1.48. The zero-order valence-electron chi connectivity index (χ0n) is 10.7. The number of hydrogen-bond acceptors (Lipinski definition) is 3. The van der Waals surface area contributed by atoms with Crippen molar-refractivity contribution in [3.63, 3.8) is 0 Å². The predicted molar refractivity (Wildman–Crippen MR) is 64.8 cm³/mol. The van der Waals surface area contributed by atoms with Crippen molar-refractivity contribution >= 4 is 17.8 Å². The van der Waals surface area contributed by atoms with Gasteiger partial charge in [0.15, 0.2) is 0 Å². The molecule has 0 radical (unpaired) electrons. The van der Waals surface area contributed by atoms with Gasteiger partial charge in [-0.1, -0.05) is 0 Å². The number of hydrogen-bond donors (Lipinski definition) is 3. The summed E-state index contributed by atoms with van der Waals surface area (Å²) >= 11 is 0. The molecule has 1 aliphatic rings. The maximum absolute atomic E-state index is 11.7. The Morgan fingerprint density at radius 3 is 2.33 bits per heavy atom. The van der Waals surface area contributed by atoms with Gasteiger partial charge < -0.3 is 15.7 Å². The van der Waals surface area contributed by atoms with Gasteiger partial charge in [-0.15, -0.1) is 0 Å². The van der Waals surface area contributed by atoms with E-state index in [1.165, 1.54) is 0 Å². The lowest BCUT2D eigenvalue weighted by atomic mass is 10.0. The Morgan fingerprint density at radius 1 is 1.22 bits per heavy atom. The molecule has 0 aromatic heterocycles. The zero-order valence-corrected chi connectivity index (χ0v) is 10.7. The van der Waals surface area contributed by atoms with Crippen LogP contribution in [0.15, 0.2) is 0 Å². The summed E-state index contributed by atoms with van der Waals surface area (Å²) in [5.74, 6) is -2.00. The van der Waals surface area contributed by atoms with Crippen LogP contribution < -0.4 is 10.6 Å². The summed E-state index contributed by atoms with van der Waals surface area (Å²) in [5.41, 5.74) is 0. The van der Waals surface area contributed by atoms with Crippen LogP contribution in [0.1, 0.15) is 33.1 Å². The van der Waals surface area contributed by atoms with Gasteiger partial charge in [0, 0.05) is 12.0 Å². The Hall–Kier alpha value is -1.59. The Balaban J connectivity index is 2.30. The summed E-state index contributed by atoms with van der Waals surface area (Å²) in [4.78, 5) is 33.8. The predicted octanol–water partition coefficient (Wildman–Crippen LogP) is 0.128. The quantitative estimate of drug-likeness (QED) is 0.651. The Morgan fingerprint density at radius 2 is 1.83 bits per heavy atom. The molecule has 6 heteroatoms. The smallest absolute Gasteiger partial charge is 0.306 e. The van der Waals surface area contributed by atoms with Crippen LogP contribution in [0.3, 0.4) is 0 Å². The first kappa shape index (κ1) is 14.5. The SMILES string of the molecule is CC(C)NC(=O)CNC(=O)C1CCC(C(=O)O)C1. The number of carbonyl (C=O) groups is 3. The van der Waals surface area contributed by atoms with Gasteiger partial charge >= 0.3 is 5.97 Å². The molecule has 0 heterocycles. The highest BCUT2D eigenvalue weighted by atomic mass is 16.4. The molecule has 0 aromatic rings. The first-order chi connectivity index (χ1) is 8.40. The third-order valence-electron chi connectivity index (χ3n) is 3.03. The molecule has 1 fully saturated rings. The lowest BCUT2D eigenvalue weighted by Gasteiger charge is -2.12. The summed E-state index contributed by atoms with van der Waals surface area (Å²) < 4.78 is 0. The molecule has 1 aliphatic carbocycles. The molecule has 2 atom stereocenters. The average Bonchev–Trinajstić information content (AvgIpc) is 2.74. The summed E-state index contributed by atoms with van der Waals surface area (Å²) in [5, 5.41) is 14.0. The molecule has 1 saturated carbocycles. The van der Waals surface area contributed by atoms with Gasteiger partial charge in [-0.2, -0.15) is 0 Å². The fourth-order valence-electron chi connectivity index (χ4n) is 2.13. The molecule has 2 amide bonds. The van der Waals surface area contributed by atoms with E-state index in [2.05, 4.69) is 10.6 Å². The van der Waals surface area contributed by atoms with Crippen LogP contribution in [-0.4, -0.2) is 35.5 Å². The van der Waals surface area contributed by atoms with Crippen LogP contribution in [0.2, 0.25) is 0 Å². The van der Waals surface area contributed by atoms with Crippen molar-refractivity contribution in [1.82, 2.24) is 10.6 Å². The third kappa shape index (κ3) is 4.35. The maximum Gasteiger partial charge on any atom is 0.306 e. The second-order valence-electron chi connectivity index (χ2n) is 4.99. The second-order valence-corrected chi connectivity index (χ2v) is 4.99. The average molecular weight is 256 g/mol. The lowest BCUT2D eigenvalue weighted by Crippen LogP contribution is -2.41. The van der Waals surface area contributed by atoms with E-state index in [9.17, 15) is 14.4 Å². The van der Waals surface area contributed by atoms with E-state index in [0.29, 0.717) is 19.3 Å². The van der Waals surface area contributed by atoms with E-state index >= 15 is 0 Å². The highest BCUT2D eigenvalue weighted by Crippen LogP contribution is 2.30. The van der Waals surface area contributed by atoms with E-state index in [4.69, 9.17) is 5.11 Å². The van der Waals surface area contributed by atoms with Gasteiger partial charge in [0.05, 0.1) is 12.5 Å². The van der Waals surface area contributed by atoms with E-state index in [0.717, 1.165) is 0 Å². The van der Waals surface area contributed by atoms with Crippen molar-refractivity contribution in [2.75, 3.05) is 6.54 Å². The van der Waals surface area contributed by atoms with Crippen molar-refractivity contribution in [3.05, 3.63) is 0 Å². The van der Waals surface area contributed by atoms with Crippen molar-refractivity contribution in [1.29, 1.82) is 0 Å². The Labute approximate surface area is 106 Å². The molecule has 0 bridgehead atoms. The largest absolute Gasteiger partial charge is 0.481 e. The zero-order chi connectivity index (χ0) is 13.7. The number of rotatable bonds is 5. The molecule has 0 aromatic carbocycles. The fourth-order valence-corrected chi connectivity index (χ4v) is 2.13. The van der Waals surface area contributed by atoms with Crippen molar-refractivity contribution in [2.24, 2.45) is 11.8 Å². The van der Waals surface area contributed by atoms with Gasteiger partial charge in [0.25, 0.3) is 0 Å². The second kappa shape index (κ2) is 6.37. The number of carboxylic acid groups (broad SMARTS) is 1. The molecule has 102 valence electrons. The van der Waals surface area contributed by atoms with E-state index in [1.807, 2.05) is 13.8 Å². The summed E-state index contributed by atoms with van der Waals surface area (Å²) in [6.45, 7) is 3.63. The van der Waals surface area contributed by atoms with Gasteiger partial charge in [-0.3, -0.25) is 14.4 Å². The highest BCUT2D eigenvalue weighted by molar-refractivity contribution is 5.86. The van der Waals surface area contributed by atoms with Gasteiger partial charge in [0.2, 0.25) is 11.8 Å². The number of carboxylic acids is 1. The van der Waals surface area contributed by atoms with Crippen LogP contribution in [0.25, 0.3) is 0 Å². The van der Waals surface area contributed by atoms with Crippen LogP contribution in [0.5, 0.6) is 0 Å². The Bertz CT molecular complexity index is 341. The van der Waals surface area contributed by atoms with Crippen molar-refractivity contribution in [2.45, 2.75) is 39.2 Å². The van der Waals surface area contributed by atoms with E-state index in [1.54, 1.807) is 0 Å².